The van der Waals surface area contributed by atoms with Gasteiger partial charge in [-0.15, -0.1) is 16.4 Å². The molecule has 0 unspecified atom stereocenters. The lowest BCUT2D eigenvalue weighted by atomic mass is 10.2. The second kappa shape index (κ2) is 8.85. The van der Waals surface area contributed by atoms with Crippen LogP contribution in [0.1, 0.15) is 9.67 Å². The van der Waals surface area contributed by atoms with Crippen LogP contribution in [0.15, 0.2) is 77.3 Å². The molecule has 29 heavy (non-hydrogen) atoms. The maximum absolute atomic E-state index is 12.3. The summed E-state index contributed by atoms with van der Waals surface area (Å²) in [4.78, 5) is 25.0. The second-order valence-corrected chi connectivity index (χ2v) is 7.99. The lowest BCUT2D eigenvalue weighted by Crippen LogP contribution is -2.14. The van der Waals surface area contributed by atoms with Gasteiger partial charge in [-0.05, 0) is 35.7 Å². The zero-order valence-corrected chi connectivity index (χ0v) is 16.8. The van der Waals surface area contributed by atoms with E-state index < -0.39 is 0 Å². The van der Waals surface area contributed by atoms with Crippen molar-refractivity contribution >= 4 is 57.1 Å². The molecule has 2 N–H and O–H groups in total. The van der Waals surface area contributed by atoms with Gasteiger partial charge in [0, 0.05) is 22.1 Å². The molecule has 0 radical (unpaired) electrons. The van der Waals surface area contributed by atoms with Crippen LogP contribution >= 0.6 is 23.1 Å². The van der Waals surface area contributed by atoms with E-state index >= 15 is 0 Å². The average molecular weight is 421 g/mol. The van der Waals surface area contributed by atoms with Crippen molar-refractivity contribution in [2.45, 2.75) is 5.03 Å². The van der Waals surface area contributed by atoms with Gasteiger partial charge in [-0.1, -0.05) is 42.1 Å². The lowest BCUT2D eigenvalue weighted by Gasteiger charge is -2.08. The highest BCUT2D eigenvalue weighted by Gasteiger charge is 2.09. The zero-order valence-electron chi connectivity index (χ0n) is 15.2. The third kappa shape index (κ3) is 4.79. The van der Waals surface area contributed by atoms with Crippen molar-refractivity contribution in [2.24, 2.45) is 0 Å². The third-order valence-corrected chi connectivity index (χ3v) is 5.90. The Morgan fingerprint density at radius 1 is 0.931 bits per heavy atom. The fourth-order valence-electron chi connectivity index (χ4n) is 2.68. The molecule has 6 nitrogen and oxygen atoms in total. The first-order valence-corrected chi connectivity index (χ1v) is 10.6. The molecule has 0 fully saturated rings. The van der Waals surface area contributed by atoms with Crippen LogP contribution in [0.3, 0.4) is 0 Å². The zero-order chi connectivity index (χ0) is 20.1. The Kier molecular flexibility index (Phi) is 5.83. The van der Waals surface area contributed by atoms with Gasteiger partial charge in [0.05, 0.1) is 16.8 Å². The topological polar surface area (TPSA) is 84.0 Å². The molecule has 0 bridgehead atoms. The SMILES string of the molecule is O=C(CSc1nncc2ccccc12)Nc1ccc(NC(=O)c2cccs2)cc1. The minimum Gasteiger partial charge on any atom is -0.325 e. The molecule has 0 aliphatic heterocycles. The Labute approximate surface area is 175 Å². The number of carbonyl (C=O) groups excluding carboxylic acids is 2. The molecule has 0 atom stereocenters. The van der Waals surface area contributed by atoms with Gasteiger partial charge in [-0.25, -0.2) is 0 Å². The van der Waals surface area contributed by atoms with Crippen LogP contribution < -0.4 is 10.6 Å². The summed E-state index contributed by atoms with van der Waals surface area (Å²) in [5.41, 5.74) is 1.33. The molecule has 0 saturated carbocycles. The van der Waals surface area contributed by atoms with Crippen molar-refractivity contribution in [2.75, 3.05) is 16.4 Å². The van der Waals surface area contributed by atoms with Crippen LogP contribution in [0.25, 0.3) is 10.8 Å². The lowest BCUT2D eigenvalue weighted by molar-refractivity contribution is -0.113. The van der Waals surface area contributed by atoms with Gasteiger partial charge >= 0.3 is 0 Å². The van der Waals surface area contributed by atoms with E-state index in [1.54, 1.807) is 36.5 Å². The number of amides is 2. The maximum Gasteiger partial charge on any atom is 0.265 e. The molecule has 4 aromatic rings. The minimum absolute atomic E-state index is 0.139. The predicted octanol–water partition coefficient (Wildman–Crippen LogP) is 4.67. The maximum atomic E-state index is 12.3. The van der Waals surface area contributed by atoms with Gasteiger partial charge in [0.1, 0.15) is 5.03 Å². The molecule has 0 aliphatic carbocycles. The molecule has 2 aromatic carbocycles. The molecular weight excluding hydrogens is 404 g/mol. The summed E-state index contributed by atoms with van der Waals surface area (Å²) >= 11 is 2.73. The fraction of sp³-hybridized carbons (Fsp3) is 0.0476. The van der Waals surface area contributed by atoms with Gasteiger partial charge in [0.15, 0.2) is 0 Å². The number of nitrogens with one attached hydrogen (secondary N) is 2. The number of thiophene rings is 1. The van der Waals surface area contributed by atoms with Gasteiger partial charge in [-0.2, -0.15) is 5.10 Å². The molecule has 0 spiro atoms. The molecule has 4 rings (SSSR count). The van der Waals surface area contributed by atoms with Gasteiger partial charge in [-0.3, -0.25) is 9.59 Å². The monoisotopic (exact) mass is 420 g/mol. The standard InChI is InChI=1S/C21H16N4O2S2/c26-19(13-29-21-17-5-2-1-4-14(17)12-22-25-21)23-15-7-9-16(10-8-15)24-20(27)18-6-3-11-28-18/h1-12H,13H2,(H,23,26)(H,24,27). The van der Waals surface area contributed by atoms with Crippen LogP contribution in [0.2, 0.25) is 0 Å². The highest BCUT2D eigenvalue weighted by atomic mass is 32.2. The first-order chi connectivity index (χ1) is 14.2. The molecule has 8 heteroatoms. The average Bonchev–Trinajstić information content (AvgIpc) is 3.29. The normalized spacial score (nSPS) is 10.6. The predicted molar refractivity (Wildman–Crippen MR) is 118 cm³/mol. The number of carbonyl (C=O) groups is 2. The van der Waals surface area contributed by atoms with Crippen LogP contribution in [0.4, 0.5) is 11.4 Å². The molecule has 0 aliphatic rings. The van der Waals surface area contributed by atoms with E-state index in [0.717, 1.165) is 15.8 Å². The van der Waals surface area contributed by atoms with Crippen molar-refractivity contribution in [1.82, 2.24) is 10.2 Å². The number of hydrogen-bond donors (Lipinski definition) is 2. The summed E-state index contributed by atoms with van der Waals surface area (Å²) < 4.78 is 0. The summed E-state index contributed by atoms with van der Waals surface area (Å²) in [6.07, 6.45) is 1.71. The van der Waals surface area contributed by atoms with E-state index in [2.05, 4.69) is 20.8 Å². The van der Waals surface area contributed by atoms with Crippen molar-refractivity contribution in [3.8, 4) is 0 Å². The number of nitrogens with zero attached hydrogens (tertiary/aromatic N) is 2. The highest BCUT2D eigenvalue weighted by Crippen LogP contribution is 2.25. The van der Waals surface area contributed by atoms with E-state index in [9.17, 15) is 9.59 Å². The van der Waals surface area contributed by atoms with Crippen LogP contribution in [-0.4, -0.2) is 27.8 Å². The quantitative estimate of drug-likeness (QED) is 0.443. The Morgan fingerprint density at radius 3 is 2.45 bits per heavy atom. The van der Waals surface area contributed by atoms with E-state index in [1.165, 1.54) is 23.1 Å². The van der Waals surface area contributed by atoms with Crippen molar-refractivity contribution < 1.29 is 9.59 Å². The van der Waals surface area contributed by atoms with E-state index in [-0.39, 0.29) is 17.6 Å². The van der Waals surface area contributed by atoms with Gasteiger partial charge < -0.3 is 10.6 Å². The molecule has 2 heterocycles. The Morgan fingerprint density at radius 2 is 1.69 bits per heavy atom. The Bertz CT molecular complexity index is 1140. The summed E-state index contributed by atoms with van der Waals surface area (Å²) in [5.74, 6) is -0.0657. The fourth-order valence-corrected chi connectivity index (χ4v) is 4.08. The number of rotatable bonds is 6. The van der Waals surface area contributed by atoms with Crippen LogP contribution in [0, 0.1) is 0 Å². The summed E-state index contributed by atoms with van der Waals surface area (Å²) in [5, 5.41) is 18.4. The van der Waals surface area contributed by atoms with Gasteiger partial charge in [0.25, 0.3) is 5.91 Å². The number of anilines is 2. The van der Waals surface area contributed by atoms with E-state index in [0.29, 0.717) is 16.3 Å². The summed E-state index contributed by atoms with van der Waals surface area (Å²) in [7, 11) is 0. The van der Waals surface area contributed by atoms with E-state index in [4.69, 9.17) is 0 Å². The number of thioether (sulfide) groups is 1. The smallest absolute Gasteiger partial charge is 0.265 e. The van der Waals surface area contributed by atoms with Crippen molar-refractivity contribution in [1.29, 1.82) is 0 Å². The van der Waals surface area contributed by atoms with E-state index in [1.807, 2.05) is 35.7 Å². The summed E-state index contributed by atoms with van der Waals surface area (Å²) in [6, 6.07) is 18.4. The number of fused-ring (bicyclic) bond motifs is 1. The largest absolute Gasteiger partial charge is 0.325 e. The van der Waals surface area contributed by atoms with Gasteiger partial charge in [0.2, 0.25) is 5.91 Å². The van der Waals surface area contributed by atoms with Crippen molar-refractivity contribution in [3.63, 3.8) is 0 Å². The van der Waals surface area contributed by atoms with Crippen LogP contribution in [0.5, 0.6) is 0 Å². The van der Waals surface area contributed by atoms with Crippen LogP contribution in [-0.2, 0) is 4.79 Å². The number of aromatic nitrogens is 2. The number of hydrogen-bond acceptors (Lipinski definition) is 6. The highest BCUT2D eigenvalue weighted by molar-refractivity contribution is 8.00. The van der Waals surface area contributed by atoms with Crippen molar-refractivity contribution in [3.05, 3.63) is 77.1 Å². The molecule has 2 aromatic heterocycles. The second-order valence-electron chi connectivity index (χ2n) is 6.08. The Hall–Kier alpha value is -3.23. The molecule has 144 valence electrons. The first-order valence-electron chi connectivity index (χ1n) is 8.77. The molecule has 0 saturated heterocycles. The molecule has 2 amide bonds. The third-order valence-electron chi connectivity index (χ3n) is 4.05. The molecular formula is C21H16N4O2S2. The first kappa shape index (κ1) is 19.1. The minimum atomic E-state index is -0.149. The Balaban J connectivity index is 1.33. The summed E-state index contributed by atoms with van der Waals surface area (Å²) in [6.45, 7) is 0. The number of benzene rings is 2.